The van der Waals surface area contributed by atoms with Crippen molar-refractivity contribution in [2.45, 2.75) is 241 Å². The number of benzene rings is 3. The maximum absolute atomic E-state index is 10.6. The Bertz CT molecular complexity index is 2800. The molecule has 0 bridgehead atoms. The summed E-state index contributed by atoms with van der Waals surface area (Å²) in [6.07, 6.45) is 36.2. The lowest BCUT2D eigenvalue weighted by molar-refractivity contribution is -0.143. The van der Waals surface area contributed by atoms with Crippen LogP contribution < -0.4 is 5.73 Å². The fourth-order valence-electron chi connectivity index (χ4n) is 10.4. The highest BCUT2D eigenvalue weighted by Crippen LogP contribution is 2.47. The number of nitrogens with zero attached hydrogens (tertiary/aromatic N) is 3. The molecule has 3 saturated heterocycles. The number of halogens is 1. The van der Waals surface area contributed by atoms with Crippen molar-refractivity contribution in [3.05, 3.63) is 140 Å². The number of ketones is 1. The van der Waals surface area contributed by atoms with Crippen molar-refractivity contribution >= 4 is 47.4 Å². The molecule has 3 aromatic carbocycles. The van der Waals surface area contributed by atoms with Crippen molar-refractivity contribution in [1.29, 1.82) is 5.26 Å². The number of phenols is 2. The van der Waals surface area contributed by atoms with Gasteiger partial charge < -0.3 is 69.7 Å². The summed E-state index contributed by atoms with van der Waals surface area (Å²) >= 11 is 5.27. The number of nitriles is 1. The highest BCUT2D eigenvalue weighted by Gasteiger charge is 2.42. The molecule has 3 aromatic rings. The van der Waals surface area contributed by atoms with Gasteiger partial charge in [0.05, 0.1) is 77.5 Å². The van der Waals surface area contributed by atoms with Crippen LogP contribution in [0.2, 0.25) is 0 Å². The van der Waals surface area contributed by atoms with Crippen LogP contribution in [0.5, 0.6) is 11.5 Å². The van der Waals surface area contributed by atoms with Gasteiger partial charge in [0.25, 0.3) is 6.26 Å². The number of phenolic OH excluding ortho intramolecular Hbond substituents is 2. The Morgan fingerprint density at radius 1 is 0.725 bits per heavy atom. The Labute approximate surface area is 661 Å². The standard InChI is InChI=1S/C16H32O.C15H16O2.C12H18N2O2.C8H8.C7H12O2.C6H14O3.C6H10O2.C5H14N2.C5H8O3.C4H6O.C3H5ClO/c1-2-3-4-5-6-7-8-9-10-11-12-13-14-16-15-17-16;1-15(2,11-3-7-13(16)8-4-11)12-5-9-14(17)10-6-12;1-11(2)4-10(16-8-13)5-12(3,6-11)7-14-9-15;1-2-8-6-4-3-5-7-8;1-4-5-9-7(8)6(2)3;1-2-6(3-7,4-8)5-9;7-6-4-2-1-3-5-8-6;1-7(2)5-3-4-6;1-2-5(7)8-4-3-6;1-3-4(2)5;4-1-3-2-5-3/h16H,2-15H2,1H3;3-10,16-17H,1-2H3;10H,4-7H2,1-3H3;2-7H,1H2;2,4-5H2,1,3H3;7-9H,2-5H2,1H3;1-5H2;3-6H2,1-2H3;2,6H,1,3-4H2;3H,1H2,2H3;3H,1-2H2. The molecule has 22 heteroatoms. The lowest BCUT2D eigenvalue weighted by Gasteiger charge is -2.44. The van der Waals surface area contributed by atoms with Crippen LogP contribution in [0.15, 0.2) is 128 Å². The molecule has 1 saturated carbocycles. The summed E-state index contributed by atoms with van der Waals surface area (Å²) in [6, 6.07) is 24.5. The molecule has 0 radical (unpaired) electrons. The van der Waals surface area contributed by atoms with Crippen LogP contribution in [0.3, 0.4) is 0 Å². The lowest BCUT2D eigenvalue weighted by Crippen LogP contribution is -2.40. The van der Waals surface area contributed by atoms with E-state index < -0.39 is 11.4 Å². The average Bonchev–Trinajstić information content (AvgIpc) is 1.60. The van der Waals surface area contributed by atoms with E-state index in [4.69, 9.17) is 66.7 Å². The molecule has 21 nitrogen and oxygen atoms in total. The highest BCUT2D eigenvalue weighted by atomic mass is 35.5. The Morgan fingerprint density at radius 3 is 1.58 bits per heavy atom. The van der Waals surface area contributed by atoms with E-state index in [1.165, 1.54) is 102 Å². The molecule has 4 aliphatic rings. The summed E-state index contributed by atoms with van der Waals surface area (Å²) in [7, 11) is 4.10. The molecule has 620 valence electrons. The Balaban J connectivity index is -0.000000570. The zero-order valence-electron chi connectivity index (χ0n) is 68.7. The number of carbonyl (C=O) groups excluding carboxylic acids is 5. The first kappa shape index (κ1) is 108. The Hall–Kier alpha value is -7.06. The Kier molecular flexibility index (Phi) is 69.6. The van der Waals surface area contributed by atoms with Gasteiger partial charge in [-0.3, -0.25) is 9.59 Å². The number of esters is 3. The van der Waals surface area contributed by atoms with Crippen LogP contribution >= 0.6 is 11.6 Å². The minimum absolute atomic E-state index is 0.0185. The molecule has 7 rings (SSSR count). The van der Waals surface area contributed by atoms with E-state index in [1.54, 1.807) is 43.5 Å². The van der Waals surface area contributed by atoms with Crippen molar-refractivity contribution in [3.8, 4) is 17.8 Å². The summed E-state index contributed by atoms with van der Waals surface area (Å²) in [5.74, 6) is 0.411. The summed E-state index contributed by atoms with van der Waals surface area (Å²) in [6.45, 7) is 38.1. The third-order valence-electron chi connectivity index (χ3n) is 17.1. The molecular weight excluding hydrogens is 1410 g/mol. The summed E-state index contributed by atoms with van der Waals surface area (Å²) in [5, 5.41) is 61.2. The number of allylic oxidation sites excluding steroid dienone is 1. The van der Waals surface area contributed by atoms with Gasteiger partial charge in [0.2, 0.25) is 6.08 Å². The molecule has 3 aliphatic heterocycles. The van der Waals surface area contributed by atoms with E-state index in [1.807, 2.05) is 74.5 Å². The van der Waals surface area contributed by atoms with Crippen LogP contribution in [-0.4, -0.2) is 183 Å². The number of alkyl halides is 1. The molecule has 0 aromatic heterocycles. The Morgan fingerprint density at radius 2 is 1.23 bits per heavy atom. The number of nitrogens with two attached hydrogens (primary N) is 1. The number of aliphatic imine (C=N–C) groups is 1. The summed E-state index contributed by atoms with van der Waals surface area (Å²) in [5.41, 5.74) is 8.37. The van der Waals surface area contributed by atoms with Gasteiger partial charge in [0, 0.05) is 28.9 Å². The highest BCUT2D eigenvalue weighted by molar-refractivity contribution is 6.18. The van der Waals surface area contributed by atoms with E-state index in [0.29, 0.717) is 56.3 Å². The smallest absolute Gasteiger partial charge is 0.333 e. The van der Waals surface area contributed by atoms with Crippen LogP contribution in [0.25, 0.3) is 6.08 Å². The first-order valence-electron chi connectivity index (χ1n) is 38.7. The quantitative estimate of drug-likeness (QED) is 0.00336. The van der Waals surface area contributed by atoms with Crippen molar-refractivity contribution in [2.24, 2.45) is 27.0 Å². The predicted octanol–water partition coefficient (Wildman–Crippen LogP) is 16.6. The molecular formula is C87H143ClN4O17. The van der Waals surface area contributed by atoms with Gasteiger partial charge in [-0.15, -0.1) is 11.6 Å². The van der Waals surface area contributed by atoms with E-state index in [9.17, 15) is 34.2 Å². The number of hydrogen-bond acceptors (Lipinski definition) is 21. The number of rotatable bonds is 34. The molecule has 4 unspecified atom stereocenters. The zero-order valence-corrected chi connectivity index (χ0v) is 69.5. The number of unbranched alkanes of at least 4 members (excludes halogenated alkanes) is 11. The lowest BCUT2D eigenvalue weighted by atomic mass is 9.63. The third-order valence-corrected chi connectivity index (χ3v) is 17.5. The first-order chi connectivity index (χ1) is 51.9. The van der Waals surface area contributed by atoms with Crippen molar-refractivity contribution < 1.29 is 83.0 Å². The van der Waals surface area contributed by atoms with Crippen molar-refractivity contribution in [3.63, 3.8) is 0 Å². The normalized spacial score (nSPS) is 16.5. The number of aliphatic hydroxyl groups excluding tert-OH is 4. The number of aliphatic hydroxyl groups is 4. The number of epoxide rings is 2. The van der Waals surface area contributed by atoms with Crippen molar-refractivity contribution in [1.82, 2.24) is 4.90 Å². The van der Waals surface area contributed by atoms with E-state index >= 15 is 0 Å². The second-order valence-electron chi connectivity index (χ2n) is 29.0. The van der Waals surface area contributed by atoms with Crippen LogP contribution in [0, 0.1) is 27.8 Å². The monoisotopic (exact) mass is 1550 g/mol. The SMILES string of the molecule is C=C(C)C(=O)OCCC.C=CC(=O)OCCO.C=CC(C)=O.C=Cc1ccccc1.CC(C)(c1ccc(O)cc1)c1ccc(O)cc1.CC1(C)CC(OC#N)CC(C)(CN=C=O)C1.CCC(CO)(CO)CO.CCCCCCCCCCCCCCC1CO1.CN(C)CCCN.ClCC1CO1.O=C1CCCCCO1. The van der Waals surface area contributed by atoms with Crippen LogP contribution in [0.1, 0.15) is 234 Å². The second-order valence-corrected chi connectivity index (χ2v) is 29.3. The zero-order chi connectivity index (χ0) is 83.2. The molecule has 4 fully saturated rings. The molecule has 4 atom stereocenters. The molecule has 1 aliphatic carbocycles. The van der Waals surface area contributed by atoms with Crippen LogP contribution in [-0.2, 0) is 57.8 Å². The number of ether oxygens (including phenoxy) is 6. The fourth-order valence-corrected chi connectivity index (χ4v) is 10.6. The molecule has 8 N–H and O–H groups in total. The number of isocyanates is 1. The molecule has 3 heterocycles. The minimum atomic E-state index is -0.667. The predicted molar refractivity (Wildman–Crippen MR) is 441 cm³/mol. The summed E-state index contributed by atoms with van der Waals surface area (Å²) in [4.78, 5) is 56.9. The average molecular weight is 1550 g/mol. The van der Waals surface area contributed by atoms with Gasteiger partial charge in [-0.25, -0.2) is 19.4 Å². The largest absolute Gasteiger partial charge is 0.508 e. The maximum atomic E-state index is 10.6. The maximum Gasteiger partial charge on any atom is 0.333 e. The van der Waals surface area contributed by atoms with Gasteiger partial charge in [-0.2, -0.15) is 5.26 Å². The van der Waals surface area contributed by atoms with Gasteiger partial charge in [0.15, 0.2) is 5.78 Å². The topological polar surface area (TPSA) is 334 Å². The van der Waals surface area contributed by atoms with E-state index in [-0.39, 0.29) is 84.6 Å². The third kappa shape index (κ3) is 66.5. The number of hydrogen-bond donors (Lipinski definition) is 7. The van der Waals surface area contributed by atoms with E-state index in [0.717, 1.165) is 94.9 Å². The fraction of sp³-hybridized carbons (Fsp3) is 0.632. The van der Waals surface area contributed by atoms with Crippen molar-refractivity contribution in [2.75, 3.05) is 99.1 Å². The van der Waals surface area contributed by atoms with E-state index in [2.05, 4.69) is 96.6 Å². The minimum Gasteiger partial charge on any atom is -0.508 e. The number of aromatic hydroxyl groups is 2. The molecule has 0 amide bonds. The van der Waals surface area contributed by atoms with Gasteiger partial charge in [0.1, 0.15) is 24.2 Å². The van der Waals surface area contributed by atoms with Gasteiger partial charge in [-0.1, -0.05) is 219 Å². The van der Waals surface area contributed by atoms with Crippen LogP contribution in [0.4, 0.5) is 0 Å². The van der Waals surface area contributed by atoms with Gasteiger partial charge >= 0.3 is 17.9 Å². The summed E-state index contributed by atoms with van der Waals surface area (Å²) < 4.78 is 28.8. The first-order valence-corrected chi connectivity index (χ1v) is 39.2. The van der Waals surface area contributed by atoms with Gasteiger partial charge in [-0.05, 0) is 163 Å². The number of carbonyl (C=O) groups is 4. The molecule has 0 spiro atoms. The second kappa shape index (κ2) is 70.1. The molecule has 109 heavy (non-hydrogen) atoms. The number of cyclic esters (lactones) is 1.